The molecular formula is C9H10BF4KO3S. The molecule has 10 heteroatoms. The quantitative estimate of drug-likeness (QED) is 0.479. The van der Waals surface area contributed by atoms with Crippen LogP contribution in [0.2, 0.25) is 0 Å². The van der Waals surface area contributed by atoms with Crippen LogP contribution < -0.4 is 61.6 Å². The van der Waals surface area contributed by atoms with Crippen molar-refractivity contribution in [2.45, 2.75) is 0 Å². The van der Waals surface area contributed by atoms with Gasteiger partial charge in [0.2, 0.25) is 0 Å². The minimum atomic E-state index is -5.34. The van der Waals surface area contributed by atoms with Gasteiger partial charge in [0.1, 0.15) is 12.4 Å². The molecule has 1 rings (SSSR count). The summed E-state index contributed by atoms with van der Waals surface area (Å²) in [5.74, 6) is -2.01. The maximum absolute atomic E-state index is 12.8. The first-order valence-corrected chi connectivity index (χ1v) is 6.95. The zero-order valence-corrected chi connectivity index (χ0v) is 14.3. The standard InChI is InChI=1S/C9H10BF4O3S.K/c1-18(15,16)5-4-17-9-6-7(11)2-3-8(9)10(12,13)14;/h2-3,6H,4-5H2,1H3;/q-1;+1. The Kier molecular flexibility index (Phi) is 7.57. The summed E-state index contributed by atoms with van der Waals surface area (Å²) in [5, 5.41) is 0. The number of hydrogen-bond acceptors (Lipinski definition) is 3. The van der Waals surface area contributed by atoms with Gasteiger partial charge in [-0.25, -0.2) is 12.8 Å². The van der Waals surface area contributed by atoms with Crippen LogP contribution >= 0.6 is 0 Å². The fraction of sp³-hybridized carbons (Fsp3) is 0.333. The van der Waals surface area contributed by atoms with Crippen LogP contribution in [0.3, 0.4) is 0 Å². The van der Waals surface area contributed by atoms with Gasteiger partial charge in [-0.3, -0.25) is 0 Å². The average molecular weight is 324 g/mol. The Morgan fingerprint density at radius 2 is 1.84 bits per heavy atom. The molecule has 19 heavy (non-hydrogen) atoms. The van der Waals surface area contributed by atoms with Gasteiger partial charge < -0.3 is 17.7 Å². The van der Waals surface area contributed by atoms with Crippen molar-refractivity contribution in [3.8, 4) is 5.75 Å². The van der Waals surface area contributed by atoms with Crippen molar-refractivity contribution in [1.82, 2.24) is 0 Å². The second kappa shape index (κ2) is 7.41. The van der Waals surface area contributed by atoms with Crippen LogP contribution in [0.25, 0.3) is 0 Å². The van der Waals surface area contributed by atoms with Crippen molar-refractivity contribution in [2.75, 3.05) is 18.6 Å². The summed E-state index contributed by atoms with van der Waals surface area (Å²) in [6.07, 6.45) is 0.927. The summed E-state index contributed by atoms with van der Waals surface area (Å²) >= 11 is 0. The van der Waals surface area contributed by atoms with Crippen molar-refractivity contribution in [2.24, 2.45) is 0 Å². The smallest absolute Gasteiger partial charge is 0.495 e. The first-order valence-electron chi connectivity index (χ1n) is 4.89. The van der Waals surface area contributed by atoms with E-state index in [4.69, 9.17) is 4.74 Å². The van der Waals surface area contributed by atoms with Crippen LogP contribution in [0.1, 0.15) is 0 Å². The van der Waals surface area contributed by atoms with Gasteiger partial charge in [0.25, 0.3) is 0 Å². The molecule has 0 radical (unpaired) electrons. The van der Waals surface area contributed by atoms with Crippen LogP contribution in [-0.4, -0.2) is 34.0 Å². The molecule has 1 aromatic rings. The van der Waals surface area contributed by atoms with Crippen LogP contribution in [-0.2, 0) is 9.84 Å². The van der Waals surface area contributed by atoms with Gasteiger partial charge in [0, 0.05) is 12.3 Å². The van der Waals surface area contributed by atoms with Crippen molar-refractivity contribution in [3.05, 3.63) is 24.0 Å². The number of rotatable bonds is 5. The van der Waals surface area contributed by atoms with Crippen molar-refractivity contribution >= 4 is 22.3 Å². The second-order valence-electron chi connectivity index (χ2n) is 3.74. The fourth-order valence-electron chi connectivity index (χ4n) is 1.21. The maximum Gasteiger partial charge on any atom is 1.00 e. The molecule has 0 spiro atoms. The van der Waals surface area contributed by atoms with Gasteiger partial charge in [0.15, 0.2) is 9.84 Å². The molecule has 0 bridgehead atoms. The van der Waals surface area contributed by atoms with Crippen molar-refractivity contribution < 1.29 is 81.9 Å². The summed E-state index contributed by atoms with van der Waals surface area (Å²) in [6, 6.07) is 1.84. The molecule has 0 fully saturated rings. The second-order valence-corrected chi connectivity index (χ2v) is 6.00. The number of benzene rings is 1. The molecule has 102 valence electrons. The molecule has 0 amide bonds. The fourth-order valence-corrected chi connectivity index (χ4v) is 1.59. The monoisotopic (exact) mass is 324 g/mol. The van der Waals surface area contributed by atoms with E-state index >= 15 is 0 Å². The summed E-state index contributed by atoms with van der Waals surface area (Å²) in [4.78, 5) is 0. The number of halogens is 4. The molecular weight excluding hydrogens is 314 g/mol. The number of sulfone groups is 1. The third kappa shape index (κ3) is 7.09. The molecule has 0 heterocycles. The summed E-state index contributed by atoms with van der Waals surface area (Å²) in [7, 11) is -3.35. The van der Waals surface area contributed by atoms with Gasteiger partial charge in [0.05, 0.1) is 11.5 Å². The third-order valence-corrected chi connectivity index (χ3v) is 2.95. The number of ether oxygens (including phenoxy) is 1. The Labute approximate surface area is 151 Å². The molecule has 1 aromatic carbocycles. The van der Waals surface area contributed by atoms with E-state index in [-0.39, 0.29) is 51.4 Å². The van der Waals surface area contributed by atoms with E-state index in [0.29, 0.717) is 18.2 Å². The first kappa shape index (κ1) is 19.4. The number of hydrogen-bond donors (Lipinski definition) is 0. The van der Waals surface area contributed by atoms with E-state index in [2.05, 4.69) is 0 Å². The van der Waals surface area contributed by atoms with E-state index in [1.165, 1.54) is 0 Å². The predicted octanol–water partition coefficient (Wildman–Crippen LogP) is -1.69. The SMILES string of the molecule is CS(=O)(=O)CCOc1cc(F)ccc1[B-](F)(F)F.[K+]. The first-order chi connectivity index (χ1) is 8.09. The molecule has 3 nitrogen and oxygen atoms in total. The molecule has 0 N–H and O–H groups in total. The van der Waals surface area contributed by atoms with E-state index in [0.717, 1.165) is 6.26 Å². The summed E-state index contributed by atoms with van der Waals surface area (Å²) < 4.78 is 76.9. The zero-order chi connectivity index (χ0) is 14.0. The zero-order valence-electron chi connectivity index (χ0n) is 10.4. The third-order valence-electron chi connectivity index (χ3n) is 2.04. The van der Waals surface area contributed by atoms with Crippen LogP contribution in [0, 0.1) is 5.82 Å². The molecule has 0 aliphatic carbocycles. The average Bonchev–Trinajstić information content (AvgIpc) is 2.13. The predicted molar refractivity (Wildman–Crippen MR) is 60.3 cm³/mol. The van der Waals surface area contributed by atoms with E-state index in [1.807, 2.05) is 0 Å². The summed E-state index contributed by atoms with van der Waals surface area (Å²) in [6.45, 7) is -5.80. The van der Waals surface area contributed by atoms with Crippen LogP contribution in [0.5, 0.6) is 5.75 Å². The Balaban J connectivity index is 0.00000324. The Hall–Kier alpha value is 0.391. The molecule has 0 unspecified atom stereocenters. The van der Waals surface area contributed by atoms with Crippen molar-refractivity contribution in [3.63, 3.8) is 0 Å². The molecule has 0 saturated carbocycles. The molecule has 0 saturated heterocycles. The Bertz CT molecular complexity index is 533. The topological polar surface area (TPSA) is 43.4 Å². The Morgan fingerprint density at radius 3 is 2.32 bits per heavy atom. The largest absolute Gasteiger partial charge is 1.00 e. The van der Waals surface area contributed by atoms with Gasteiger partial charge >= 0.3 is 58.4 Å². The summed E-state index contributed by atoms with van der Waals surface area (Å²) in [5.41, 5.74) is -1.08. The molecule has 0 aliphatic heterocycles. The minimum Gasteiger partial charge on any atom is -0.495 e. The molecule has 0 aliphatic rings. The molecule has 0 atom stereocenters. The van der Waals surface area contributed by atoms with Gasteiger partial charge in [-0.15, -0.1) is 0 Å². The molecule has 0 aromatic heterocycles. The van der Waals surface area contributed by atoms with Crippen LogP contribution in [0.15, 0.2) is 18.2 Å². The van der Waals surface area contributed by atoms with Crippen LogP contribution in [0.4, 0.5) is 17.3 Å². The Morgan fingerprint density at radius 1 is 1.26 bits per heavy atom. The normalized spacial score (nSPS) is 11.8. The minimum absolute atomic E-state index is 0. The maximum atomic E-state index is 12.8. The van der Waals surface area contributed by atoms with E-state index in [9.17, 15) is 25.8 Å². The van der Waals surface area contributed by atoms with Gasteiger partial charge in [-0.1, -0.05) is 11.5 Å². The van der Waals surface area contributed by atoms with Gasteiger partial charge in [-0.2, -0.15) is 0 Å². The van der Waals surface area contributed by atoms with E-state index in [1.54, 1.807) is 0 Å². The van der Waals surface area contributed by atoms with Crippen molar-refractivity contribution in [1.29, 1.82) is 0 Å². The van der Waals surface area contributed by atoms with Gasteiger partial charge in [-0.05, 0) is 6.07 Å². The van der Waals surface area contributed by atoms with E-state index < -0.39 is 46.2 Å².